The minimum Gasteiger partial charge on any atom is -0.294 e. The van der Waals surface area contributed by atoms with Gasteiger partial charge in [-0.3, -0.25) is 24.4 Å². The maximum absolute atomic E-state index is 12.1. The van der Waals surface area contributed by atoms with Crippen molar-refractivity contribution < 1.29 is 14.5 Å². The van der Waals surface area contributed by atoms with Crippen LogP contribution in [0, 0.1) is 17.0 Å². The number of nitro groups is 1. The Balaban J connectivity index is 2.25. The van der Waals surface area contributed by atoms with E-state index in [1.165, 1.54) is 35.1 Å². The number of hydrogen-bond acceptors (Lipinski definition) is 5. The molecule has 0 atom stereocenters. The SMILES string of the molecule is Cc1nn(C)cc1C(=O)CC(=O)c1ccccc1[N+](=O)[O-]. The zero-order valence-electron chi connectivity index (χ0n) is 11.6. The van der Waals surface area contributed by atoms with Crippen molar-refractivity contribution >= 4 is 17.3 Å². The summed E-state index contributed by atoms with van der Waals surface area (Å²) in [4.78, 5) is 34.5. The summed E-state index contributed by atoms with van der Waals surface area (Å²) in [6, 6.07) is 5.60. The molecule has 1 aromatic heterocycles. The third kappa shape index (κ3) is 3.02. The van der Waals surface area contributed by atoms with Gasteiger partial charge in [-0.05, 0) is 13.0 Å². The number of nitrogens with zero attached hydrogens (tertiary/aromatic N) is 3. The monoisotopic (exact) mass is 287 g/mol. The molecule has 0 bridgehead atoms. The molecule has 2 rings (SSSR count). The largest absolute Gasteiger partial charge is 0.294 e. The molecule has 0 aliphatic rings. The van der Waals surface area contributed by atoms with Gasteiger partial charge in [0.05, 0.1) is 28.2 Å². The highest BCUT2D eigenvalue weighted by Crippen LogP contribution is 2.20. The summed E-state index contributed by atoms with van der Waals surface area (Å²) in [6.07, 6.45) is 1.11. The van der Waals surface area contributed by atoms with E-state index in [-0.39, 0.29) is 11.3 Å². The molecule has 0 aliphatic heterocycles. The number of hydrogen-bond donors (Lipinski definition) is 0. The van der Waals surface area contributed by atoms with Crippen molar-refractivity contribution in [1.29, 1.82) is 0 Å². The second kappa shape index (κ2) is 5.66. The zero-order chi connectivity index (χ0) is 15.6. The van der Waals surface area contributed by atoms with Crippen LogP contribution in [0.4, 0.5) is 5.69 Å². The number of Topliss-reactive ketones (excluding diaryl/α,β-unsaturated/α-hetero) is 2. The number of carbonyl (C=O) groups excluding carboxylic acids is 2. The summed E-state index contributed by atoms with van der Waals surface area (Å²) in [5.74, 6) is -0.973. The highest BCUT2D eigenvalue weighted by atomic mass is 16.6. The molecular formula is C14H13N3O4. The molecule has 1 heterocycles. The third-order valence-electron chi connectivity index (χ3n) is 3.04. The van der Waals surface area contributed by atoms with Crippen LogP contribution in [0.3, 0.4) is 0 Å². The van der Waals surface area contributed by atoms with E-state index in [2.05, 4.69) is 5.10 Å². The molecule has 7 nitrogen and oxygen atoms in total. The van der Waals surface area contributed by atoms with E-state index < -0.39 is 22.9 Å². The van der Waals surface area contributed by atoms with Crippen molar-refractivity contribution in [2.24, 2.45) is 7.05 Å². The maximum atomic E-state index is 12.1. The Morgan fingerprint density at radius 1 is 1.24 bits per heavy atom. The van der Waals surface area contributed by atoms with E-state index in [1.54, 1.807) is 14.0 Å². The van der Waals surface area contributed by atoms with E-state index in [4.69, 9.17) is 0 Å². The molecule has 0 spiro atoms. The first-order valence-electron chi connectivity index (χ1n) is 6.20. The van der Waals surface area contributed by atoms with Crippen LogP contribution in [0.25, 0.3) is 0 Å². The smallest absolute Gasteiger partial charge is 0.280 e. The summed E-state index contributed by atoms with van der Waals surface area (Å²) in [6.45, 7) is 1.67. The van der Waals surface area contributed by atoms with Gasteiger partial charge in [0, 0.05) is 19.3 Å². The van der Waals surface area contributed by atoms with Crippen LogP contribution in [0.1, 0.15) is 32.8 Å². The maximum Gasteiger partial charge on any atom is 0.280 e. The summed E-state index contributed by atoms with van der Waals surface area (Å²) in [7, 11) is 1.67. The molecular weight excluding hydrogens is 274 g/mol. The standard InChI is InChI=1S/C14H13N3O4/c1-9-11(8-16(2)15-9)14(19)7-13(18)10-5-3-4-6-12(10)17(20)21/h3-6,8H,7H2,1-2H3. The Morgan fingerprint density at radius 3 is 2.43 bits per heavy atom. The van der Waals surface area contributed by atoms with Gasteiger partial charge < -0.3 is 0 Å². The quantitative estimate of drug-likeness (QED) is 0.363. The number of aromatic nitrogens is 2. The lowest BCUT2D eigenvalue weighted by Gasteiger charge is -2.01. The molecule has 7 heteroatoms. The van der Waals surface area contributed by atoms with Crippen LogP contribution < -0.4 is 0 Å². The van der Waals surface area contributed by atoms with E-state index in [0.29, 0.717) is 11.3 Å². The average molecular weight is 287 g/mol. The van der Waals surface area contributed by atoms with Crippen molar-refractivity contribution in [2.75, 3.05) is 0 Å². The van der Waals surface area contributed by atoms with Gasteiger partial charge in [0.25, 0.3) is 5.69 Å². The van der Waals surface area contributed by atoms with E-state index in [9.17, 15) is 19.7 Å². The van der Waals surface area contributed by atoms with Crippen molar-refractivity contribution in [3.05, 3.63) is 57.4 Å². The van der Waals surface area contributed by atoms with E-state index in [1.807, 2.05) is 0 Å². The minimum absolute atomic E-state index is 0.0580. The van der Waals surface area contributed by atoms with Crippen LogP contribution in [-0.2, 0) is 7.05 Å². The normalized spacial score (nSPS) is 10.4. The first-order valence-corrected chi connectivity index (χ1v) is 6.20. The van der Waals surface area contributed by atoms with Gasteiger partial charge in [-0.25, -0.2) is 0 Å². The summed E-state index contributed by atoms with van der Waals surface area (Å²) < 4.78 is 1.48. The Labute approximate surface area is 120 Å². The molecule has 1 aromatic carbocycles. The fraction of sp³-hybridized carbons (Fsp3) is 0.214. The van der Waals surface area contributed by atoms with Crippen LogP contribution in [-0.4, -0.2) is 26.3 Å². The molecule has 0 aliphatic carbocycles. The highest BCUT2D eigenvalue weighted by molar-refractivity contribution is 6.15. The van der Waals surface area contributed by atoms with Gasteiger partial charge in [-0.15, -0.1) is 0 Å². The van der Waals surface area contributed by atoms with Crippen LogP contribution >= 0.6 is 0 Å². The molecule has 2 aromatic rings. The second-order valence-electron chi connectivity index (χ2n) is 4.60. The molecule has 0 amide bonds. The summed E-state index contributed by atoms with van der Waals surface area (Å²) in [5, 5.41) is 14.9. The fourth-order valence-corrected chi connectivity index (χ4v) is 2.08. The average Bonchev–Trinajstić information content (AvgIpc) is 2.77. The molecule has 0 saturated carbocycles. The predicted octanol–water partition coefficient (Wildman–Crippen LogP) is 2.09. The van der Waals surface area contributed by atoms with Crippen LogP contribution in [0.5, 0.6) is 0 Å². The summed E-state index contributed by atoms with van der Waals surface area (Å²) >= 11 is 0. The van der Waals surface area contributed by atoms with Crippen molar-refractivity contribution in [1.82, 2.24) is 9.78 Å². The second-order valence-corrected chi connectivity index (χ2v) is 4.60. The number of nitro benzene ring substituents is 1. The molecule has 0 unspecified atom stereocenters. The number of ketones is 2. The van der Waals surface area contributed by atoms with Gasteiger partial charge in [-0.1, -0.05) is 12.1 Å². The van der Waals surface area contributed by atoms with Crippen LogP contribution in [0.2, 0.25) is 0 Å². The zero-order valence-corrected chi connectivity index (χ0v) is 11.6. The highest BCUT2D eigenvalue weighted by Gasteiger charge is 2.23. The lowest BCUT2D eigenvalue weighted by atomic mass is 10.0. The number of rotatable bonds is 5. The first kappa shape index (κ1) is 14.6. The predicted molar refractivity (Wildman–Crippen MR) is 74.3 cm³/mol. The molecule has 21 heavy (non-hydrogen) atoms. The first-order chi connectivity index (χ1) is 9.90. The lowest BCUT2D eigenvalue weighted by molar-refractivity contribution is -0.385. The van der Waals surface area contributed by atoms with Crippen LogP contribution in [0.15, 0.2) is 30.5 Å². The van der Waals surface area contributed by atoms with Gasteiger partial charge in [0.1, 0.15) is 0 Å². The minimum atomic E-state index is -0.632. The Morgan fingerprint density at radius 2 is 1.86 bits per heavy atom. The molecule has 0 N–H and O–H groups in total. The van der Waals surface area contributed by atoms with Crippen molar-refractivity contribution in [2.45, 2.75) is 13.3 Å². The Bertz CT molecular complexity index is 734. The van der Waals surface area contributed by atoms with Gasteiger partial charge in [0.15, 0.2) is 11.6 Å². The van der Waals surface area contributed by atoms with Gasteiger partial charge >= 0.3 is 0 Å². The fourth-order valence-electron chi connectivity index (χ4n) is 2.08. The number of benzene rings is 1. The van der Waals surface area contributed by atoms with Crippen molar-refractivity contribution in [3.63, 3.8) is 0 Å². The topological polar surface area (TPSA) is 95.1 Å². The third-order valence-corrected chi connectivity index (χ3v) is 3.04. The number of carbonyl (C=O) groups is 2. The number of aryl methyl sites for hydroxylation is 2. The lowest BCUT2D eigenvalue weighted by Crippen LogP contribution is -2.11. The molecule has 0 fully saturated rings. The molecule has 108 valence electrons. The Kier molecular flexibility index (Phi) is 3.93. The Hall–Kier alpha value is -2.83. The van der Waals surface area contributed by atoms with E-state index in [0.717, 1.165) is 0 Å². The molecule has 0 radical (unpaired) electrons. The van der Waals surface area contributed by atoms with Gasteiger partial charge in [-0.2, -0.15) is 5.10 Å². The molecule has 0 saturated heterocycles. The van der Waals surface area contributed by atoms with Gasteiger partial charge in [0.2, 0.25) is 0 Å². The van der Waals surface area contributed by atoms with Crippen molar-refractivity contribution in [3.8, 4) is 0 Å². The van der Waals surface area contributed by atoms with E-state index >= 15 is 0 Å². The number of para-hydroxylation sites is 1. The summed E-state index contributed by atoms with van der Waals surface area (Å²) in [5.41, 5.74) is 0.526.